The van der Waals surface area contributed by atoms with E-state index in [4.69, 9.17) is 9.47 Å². The third kappa shape index (κ3) is 4.61. The minimum atomic E-state index is -4.53. The lowest BCUT2D eigenvalue weighted by atomic mass is 9.66. The molecule has 2 heterocycles. The van der Waals surface area contributed by atoms with Crippen molar-refractivity contribution in [3.8, 4) is 11.8 Å². The molecule has 3 fully saturated rings. The number of hydrogen-bond acceptors (Lipinski definition) is 5. The van der Waals surface area contributed by atoms with Crippen LogP contribution in [-0.2, 0) is 11.0 Å². The summed E-state index contributed by atoms with van der Waals surface area (Å²) in [5.41, 5.74) is -1.49. The van der Waals surface area contributed by atoms with Gasteiger partial charge in [0.25, 0.3) is 0 Å². The molecule has 2 saturated carbocycles. The molecule has 172 valence electrons. The highest BCUT2D eigenvalue weighted by molar-refractivity contribution is 5.81. The first kappa shape index (κ1) is 22.2. The van der Waals surface area contributed by atoms with Crippen molar-refractivity contribution in [3.63, 3.8) is 0 Å². The maximum Gasteiger partial charge on any atom is 0.421 e. The van der Waals surface area contributed by atoms with Gasteiger partial charge in [-0.2, -0.15) is 18.2 Å². The minimum Gasteiger partial charge on any atom is -0.477 e. The van der Waals surface area contributed by atoms with E-state index in [1.807, 2.05) is 4.90 Å². The standard InChI is InChI=1S/C22H29F3N2O4/c1-3-30-18-16(22(23,24)25)4-5-17(26-18)31-15-6-8-21(9-7-15)12-27(13-21)19(28)14-10-20(2,29)11-14/h4-5,14-15,29H,3,6-13H2,1-2H3. The summed E-state index contributed by atoms with van der Waals surface area (Å²) in [7, 11) is 0. The lowest BCUT2D eigenvalue weighted by Crippen LogP contribution is -2.63. The van der Waals surface area contributed by atoms with Gasteiger partial charge in [0.15, 0.2) is 0 Å². The molecule has 3 aliphatic rings. The van der Waals surface area contributed by atoms with Gasteiger partial charge in [0, 0.05) is 30.5 Å². The van der Waals surface area contributed by atoms with Crippen molar-refractivity contribution < 1.29 is 32.5 Å². The molecule has 1 spiro atoms. The average Bonchev–Trinajstić information content (AvgIpc) is 2.64. The molecule has 4 rings (SSSR count). The molecule has 0 atom stereocenters. The molecule has 1 aliphatic heterocycles. The van der Waals surface area contributed by atoms with Gasteiger partial charge in [0.2, 0.25) is 17.7 Å². The van der Waals surface area contributed by atoms with E-state index in [2.05, 4.69) is 4.98 Å². The lowest BCUT2D eigenvalue weighted by Gasteiger charge is -2.55. The lowest BCUT2D eigenvalue weighted by molar-refractivity contribution is -0.164. The van der Waals surface area contributed by atoms with Crippen LogP contribution < -0.4 is 9.47 Å². The number of aliphatic hydroxyl groups is 1. The van der Waals surface area contributed by atoms with E-state index in [1.54, 1.807) is 13.8 Å². The fraction of sp³-hybridized carbons (Fsp3) is 0.727. The molecule has 1 amide bonds. The Morgan fingerprint density at radius 2 is 1.90 bits per heavy atom. The fourth-order valence-corrected chi connectivity index (χ4v) is 5.11. The molecule has 1 N–H and O–H groups in total. The van der Waals surface area contributed by atoms with Crippen LogP contribution in [0.25, 0.3) is 0 Å². The van der Waals surface area contributed by atoms with Crippen molar-refractivity contribution in [2.45, 2.75) is 70.3 Å². The van der Waals surface area contributed by atoms with Crippen LogP contribution in [0.2, 0.25) is 0 Å². The van der Waals surface area contributed by atoms with Crippen molar-refractivity contribution in [1.82, 2.24) is 9.88 Å². The molecule has 6 nitrogen and oxygen atoms in total. The van der Waals surface area contributed by atoms with Crippen molar-refractivity contribution in [2.24, 2.45) is 11.3 Å². The Balaban J connectivity index is 1.28. The quantitative estimate of drug-likeness (QED) is 0.751. The summed E-state index contributed by atoms with van der Waals surface area (Å²) in [6.07, 6.45) is -0.221. The number of carbonyl (C=O) groups is 1. The zero-order valence-corrected chi connectivity index (χ0v) is 17.9. The highest BCUT2D eigenvalue weighted by Gasteiger charge is 2.51. The van der Waals surface area contributed by atoms with E-state index in [-0.39, 0.29) is 35.8 Å². The average molecular weight is 442 g/mol. The van der Waals surface area contributed by atoms with Crippen LogP contribution in [0.5, 0.6) is 11.8 Å². The van der Waals surface area contributed by atoms with Crippen LogP contribution in [-0.4, -0.2) is 52.3 Å². The topological polar surface area (TPSA) is 71.9 Å². The second-order valence-corrected chi connectivity index (χ2v) is 9.55. The Morgan fingerprint density at radius 3 is 2.45 bits per heavy atom. The highest BCUT2D eigenvalue weighted by atomic mass is 19.4. The van der Waals surface area contributed by atoms with Gasteiger partial charge < -0.3 is 19.5 Å². The number of ether oxygens (including phenoxy) is 2. The van der Waals surface area contributed by atoms with Crippen LogP contribution in [0.3, 0.4) is 0 Å². The normalized spacial score (nSPS) is 28.1. The number of aromatic nitrogens is 1. The zero-order valence-electron chi connectivity index (χ0n) is 17.9. The first-order valence-electron chi connectivity index (χ1n) is 10.9. The predicted molar refractivity (Wildman–Crippen MR) is 106 cm³/mol. The number of rotatable bonds is 5. The number of pyridine rings is 1. The van der Waals surface area contributed by atoms with E-state index < -0.39 is 23.2 Å². The number of carbonyl (C=O) groups excluding carboxylic acids is 1. The maximum absolute atomic E-state index is 13.1. The number of nitrogens with zero attached hydrogens (tertiary/aromatic N) is 2. The molecule has 0 radical (unpaired) electrons. The van der Waals surface area contributed by atoms with Crippen LogP contribution in [0.1, 0.15) is 57.9 Å². The summed E-state index contributed by atoms with van der Waals surface area (Å²) in [4.78, 5) is 18.3. The fourth-order valence-electron chi connectivity index (χ4n) is 5.11. The van der Waals surface area contributed by atoms with Gasteiger partial charge in [-0.15, -0.1) is 0 Å². The zero-order chi connectivity index (χ0) is 22.4. The molecule has 1 aromatic heterocycles. The van der Waals surface area contributed by atoms with Gasteiger partial charge >= 0.3 is 6.18 Å². The maximum atomic E-state index is 13.1. The summed E-state index contributed by atoms with van der Waals surface area (Å²) in [5.74, 6) is -0.229. The Hall–Kier alpha value is -2.03. The summed E-state index contributed by atoms with van der Waals surface area (Å²) in [6, 6.07) is 2.19. The minimum absolute atomic E-state index is 0.0581. The highest BCUT2D eigenvalue weighted by Crippen LogP contribution is 2.47. The molecule has 0 unspecified atom stereocenters. The van der Waals surface area contributed by atoms with Gasteiger partial charge in [-0.25, -0.2) is 0 Å². The second kappa shape index (κ2) is 7.83. The van der Waals surface area contributed by atoms with Crippen molar-refractivity contribution in [1.29, 1.82) is 0 Å². The number of alkyl halides is 3. The number of hydrogen-bond donors (Lipinski definition) is 1. The van der Waals surface area contributed by atoms with Gasteiger partial charge in [0.1, 0.15) is 11.7 Å². The Kier molecular flexibility index (Phi) is 5.60. The van der Waals surface area contributed by atoms with E-state index in [9.17, 15) is 23.1 Å². The Morgan fingerprint density at radius 1 is 1.26 bits per heavy atom. The van der Waals surface area contributed by atoms with Crippen molar-refractivity contribution in [2.75, 3.05) is 19.7 Å². The molecule has 9 heteroatoms. The van der Waals surface area contributed by atoms with Gasteiger partial charge in [-0.1, -0.05) is 0 Å². The first-order chi connectivity index (χ1) is 14.5. The van der Waals surface area contributed by atoms with E-state index in [0.29, 0.717) is 12.8 Å². The summed E-state index contributed by atoms with van der Waals surface area (Å²) in [5, 5.41) is 9.85. The van der Waals surface area contributed by atoms with Crippen molar-refractivity contribution >= 4 is 5.91 Å². The summed E-state index contributed by atoms with van der Waals surface area (Å²) in [6.45, 7) is 4.93. The van der Waals surface area contributed by atoms with Crippen LogP contribution in [0.15, 0.2) is 12.1 Å². The Bertz CT molecular complexity index is 819. The summed E-state index contributed by atoms with van der Waals surface area (Å²) >= 11 is 0. The van der Waals surface area contributed by atoms with Gasteiger partial charge in [-0.05, 0) is 58.4 Å². The first-order valence-corrected chi connectivity index (χ1v) is 10.9. The summed E-state index contributed by atoms with van der Waals surface area (Å²) < 4.78 is 50.2. The number of amides is 1. The molecular weight excluding hydrogens is 413 g/mol. The van der Waals surface area contributed by atoms with E-state index in [1.165, 1.54) is 6.07 Å². The molecule has 2 aliphatic carbocycles. The third-order valence-corrected chi connectivity index (χ3v) is 6.79. The van der Waals surface area contributed by atoms with E-state index in [0.717, 1.165) is 44.8 Å². The van der Waals surface area contributed by atoms with Crippen LogP contribution in [0.4, 0.5) is 13.2 Å². The van der Waals surface area contributed by atoms with Crippen LogP contribution in [0, 0.1) is 11.3 Å². The second-order valence-electron chi connectivity index (χ2n) is 9.55. The molecule has 0 bridgehead atoms. The number of likely N-dealkylation sites (tertiary alicyclic amines) is 1. The van der Waals surface area contributed by atoms with Crippen molar-refractivity contribution in [3.05, 3.63) is 17.7 Å². The monoisotopic (exact) mass is 442 g/mol. The molecule has 1 saturated heterocycles. The third-order valence-electron chi connectivity index (χ3n) is 6.79. The predicted octanol–water partition coefficient (Wildman–Crippen LogP) is 3.81. The largest absolute Gasteiger partial charge is 0.477 e. The smallest absolute Gasteiger partial charge is 0.421 e. The SMILES string of the molecule is CCOc1nc(OC2CCC3(CC2)CN(C(=O)C2CC(C)(O)C2)C3)ccc1C(F)(F)F. The van der Waals surface area contributed by atoms with Gasteiger partial charge in [0.05, 0.1) is 12.2 Å². The van der Waals surface area contributed by atoms with Crippen LogP contribution >= 0.6 is 0 Å². The molecular formula is C22H29F3N2O4. The van der Waals surface area contributed by atoms with Gasteiger partial charge in [-0.3, -0.25) is 4.79 Å². The molecule has 31 heavy (non-hydrogen) atoms. The molecule has 1 aromatic rings. The van der Waals surface area contributed by atoms with E-state index >= 15 is 0 Å². The Labute approximate surface area is 179 Å². The number of halogens is 3. The molecule has 0 aromatic carbocycles.